The summed E-state index contributed by atoms with van der Waals surface area (Å²) in [5, 5.41) is 0. The van der Waals surface area contributed by atoms with E-state index in [4.69, 9.17) is 4.74 Å². The number of fused-ring (bicyclic) bond motifs is 1. The Morgan fingerprint density at radius 2 is 1.88 bits per heavy atom. The first-order valence-corrected chi connectivity index (χ1v) is 9.87. The van der Waals surface area contributed by atoms with Crippen LogP contribution in [0.4, 0.5) is 0 Å². The minimum atomic E-state index is -3.59. The summed E-state index contributed by atoms with van der Waals surface area (Å²) in [4.78, 5) is 0. The van der Waals surface area contributed by atoms with Gasteiger partial charge in [-0.1, -0.05) is 36.4 Å². The van der Waals surface area contributed by atoms with E-state index in [-0.39, 0.29) is 12.1 Å². The number of rotatable bonds is 5. The van der Waals surface area contributed by atoms with Gasteiger partial charge in [-0.05, 0) is 49.1 Å². The molecule has 0 saturated carbocycles. The Balaban J connectivity index is 2.11. The van der Waals surface area contributed by atoms with Gasteiger partial charge in [0.1, 0.15) is 5.75 Å². The third-order valence-corrected chi connectivity index (χ3v) is 6.12. The van der Waals surface area contributed by atoms with Crippen LogP contribution in [0.25, 0.3) is 0 Å². The fraction of sp³-hybridized carbons (Fsp3) is 0.368. The Morgan fingerprint density at radius 1 is 1.16 bits per heavy atom. The van der Waals surface area contributed by atoms with Crippen LogP contribution in [0.1, 0.15) is 36.6 Å². The predicted molar refractivity (Wildman–Crippen MR) is 98.9 cm³/mol. The summed E-state index contributed by atoms with van der Waals surface area (Å²) in [6.45, 7) is 4.09. The van der Waals surface area contributed by atoms with E-state index in [1.165, 1.54) is 0 Å². The number of benzene rings is 2. The lowest BCUT2D eigenvalue weighted by Gasteiger charge is -2.37. The lowest BCUT2D eigenvalue weighted by Crippen LogP contribution is -2.48. The molecule has 1 atom stereocenters. The second kappa shape index (κ2) is 7.15. The third-order valence-electron chi connectivity index (χ3n) is 4.34. The maximum atomic E-state index is 12.9. The molecule has 1 N–H and O–H groups in total. The second-order valence-corrected chi connectivity index (χ2v) is 8.17. The standard InChI is InChI=1S/C19H24N2O3S/c1-14(2)20-25(22,23)21-12-11-16-13-17(24-3)9-10-18(16)19(21)15-7-5-4-6-8-15/h4-10,13-14,19-20H,11-12H2,1-3H3. The smallest absolute Gasteiger partial charge is 0.280 e. The average molecular weight is 360 g/mol. The number of ether oxygens (including phenoxy) is 1. The lowest BCUT2D eigenvalue weighted by atomic mass is 9.90. The van der Waals surface area contributed by atoms with Crippen LogP contribution in [0.15, 0.2) is 48.5 Å². The Morgan fingerprint density at radius 3 is 2.52 bits per heavy atom. The Labute approximate surface area is 149 Å². The van der Waals surface area contributed by atoms with E-state index in [0.29, 0.717) is 13.0 Å². The molecule has 0 saturated heterocycles. The number of nitrogens with zero attached hydrogens (tertiary/aromatic N) is 1. The molecular weight excluding hydrogens is 336 g/mol. The van der Waals surface area contributed by atoms with Crippen LogP contribution in [0.5, 0.6) is 5.75 Å². The fourth-order valence-electron chi connectivity index (χ4n) is 3.31. The predicted octanol–water partition coefficient (Wildman–Crippen LogP) is 2.89. The van der Waals surface area contributed by atoms with E-state index in [1.807, 2.05) is 62.4 Å². The largest absolute Gasteiger partial charge is 0.497 e. The quantitative estimate of drug-likeness (QED) is 0.892. The highest BCUT2D eigenvalue weighted by molar-refractivity contribution is 7.87. The summed E-state index contributed by atoms with van der Waals surface area (Å²) in [6.07, 6.45) is 0.662. The van der Waals surface area contributed by atoms with E-state index >= 15 is 0 Å². The summed E-state index contributed by atoms with van der Waals surface area (Å²) in [5.41, 5.74) is 3.10. The van der Waals surface area contributed by atoms with Gasteiger partial charge in [-0.3, -0.25) is 0 Å². The zero-order valence-electron chi connectivity index (χ0n) is 14.8. The number of methoxy groups -OCH3 is 1. The summed E-state index contributed by atoms with van der Waals surface area (Å²) in [7, 11) is -1.94. The monoisotopic (exact) mass is 360 g/mol. The molecule has 5 nitrogen and oxygen atoms in total. The molecule has 1 unspecified atom stereocenters. The van der Waals surface area contributed by atoms with Crippen molar-refractivity contribution in [2.45, 2.75) is 32.4 Å². The molecule has 0 fully saturated rings. The molecule has 0 radical (unpaired) electrons. The molecule has 0 amide bonds. The Hall–Kier alpha value is -1.89. The minimum absolute atomic E-state index is 0.154. The molecule has 0 aliphatic carbocycles. The summed E-state index contributed by atoms with van der Waals surface area (Å²) < 4.78 is 35.4. The Kier molecular flexibility index (Phi) is 5.13. The highest BCUT2D eigenvalue weighted by atomic mass is 32.2. The molecule has 2 aromatic carbocycles. The third kappa shape index (κ3) is 3.71. The average Bonchev–Trinajstić information content (AvgIpc) is 2.59. The highest BCUT2D eigenvalue weighted by Crippen LogP contribution is 2.38. The van der Waals surface area contributed by atoms with E-state index < -0.39 is 10.2 Å². The van der Waals surface area contributed by atoms with Crippen molar-refractivity contribution in [3.8, 4) is 5.75 Å². The van der Waals surface area contributed by atoms with Gasteiger partial charge in [0.25, 0.3) is 10.2 Å². The number of nitrogens with one attached hydrogen (secondary N) is 1. The molecule has 0 bridgehead atoms. The van der Waals surface area contributed by atoms with Crippen molar-refractivity contribution in [2.75, 3.05) is 13.7 Å². The van der Waals surface area contributed by atoms with Crippen molar-refractivity contribution in [3.63, 3.8) is 0 Å². The van der Waals surface area contributed by atoms with Crippen LogP contribution >= 0.6 is 0 Å². The van der Waals surface area contributed by atoms with E-state index in [9.17, 15) is 8.42 Å². The molecule has 1 aliphatic heterocycles. The van der Waals surface area contributed by atoms with Crippen molar-refractivity contribution >= 4 is 10.2 Å². The van der Waals surface area contributed by atoms with Gasteiger partial charge in [-0.2, -0.15) is 17.4 Å². The molecular formula is C19H24N2O3S. The van der Waals surface area contributed by atoms with Crippen molar-refractivity contribution in [1.82, 2.24) is 9.03 Å². The van der Waals surface area contributed by atoms with Crippen molar-refractivity contribution in [3.05, 3.63) is 65.2 Å². The summed E-state index contributed by atoms with van der Waals surface area (Å²) in [5.74, 6) is 0.794. The van der Waals surface area contributed by atoms with Gasteiger partial charge in [0.15, 0.2) is 0 Å². The maximum absolute atomic E-state index is 12.9. The van der Waals surface area contributed by atoms with Gasteiger partial charge in [0, 0.05) is 12.6 Å². The topological polar surface area (TPSA) is 58.6 Å². The van der Waals surface area contributed by atoms with Crippen LogP contribution in [0.2, 0.25) is 0 Å². The van der Waals surface area contributed by atoms with Crippen LogP contribution in [-0.4, -0.2) is 32.4 Å². The van der Waals surface area contributed by atoms with Crippen molar-refractivity contribution < 1.29 is 13.2 Å². The number of hydrogen-bond donors (Lipinski definition) is 1. The molecule has 0 aromatic heterocycles. The Bertz CT molecular complexity index is 835. The van der Waals surface area contributed by atoms with E-state index in [2.05, 4.69) is 4.72 Å². The van der Waals surface area contributed by atoms with E-state index in [1.54, 1.807) is 11.4 Å². The van der Waals surface area contributed by atoms with Crippen LogP contribution < -0.4 is 9.46 Å². The molecule has 1 aliphatic rings. The molecule has 3 rings (SSSR count). The molecule has 6 heteroatoms. The molecule has 25 heavy (non-hydrogen) atoms. The second-order valence-electron chi connectivity index (χ2n) is 6.52. The molecule has 0 spiro atoms. The van der Waals surface area contributed by atoms with E-state index in [0.717, 1.165) is 22.4 Å². The number of hydrogen-bond acceptors (Lipinski definition) is 3. The van der Waals surface area contributed by atoms with Gasteiger partial charge in [-0.15, -0.1) is 0 Å². The van der Waals surface area contributed by atoms with Gasteiger partial charge < -0.3 is 4.74 Å². The first-order valence-electron chi connectivity index (χ1n) is 8.43. The van der Waals surface area contributed by atoms with Crippen LogP contribution in [-0.2, 0) is 16.6 Å². The van der Waals surface area contributed by atoms with Crippen molar-refractivity contribution in [1.29, 1.82) is 0 Å². The first kappa shape index (κ1) is 17.9. The summed E-state index contributed by atoms with van der Waals surface area (Å²) in [6, 6.07) is 15.1. The molecule has 2 aromatic rings. The van der Waals surface area contributed by atoms with Crippen molar-refractivity contribution in [2.24, 2.45) is 0 Å². The molecule has 1 heterocycles. The SMILES string of the molecule is COc1ccc2c(c1)CCN(S(=O)(=O)NC(C)C)C2c1ccccc1. The van der Waals surface area contributed by atoms with Crippen LogP contribution in [0.3, 0.4) is 0 Å². The minimum Gasteiger partial charge on any atom is -0.497 e. The fourth-order valence-corrected chi connectivity index (χ4v) is 4.89. The lowest BCUT2D eigenvalue weighted by molar-refractivity contribution is 0.335. The van der Waals surface area contributed by atoms with Gasteiger partial charge >= 0.3 is 0 Å². The summed E-state index contributed by atoms with van der Waals surface area (Å²) >= 11 is 0. The van der Waals surface area contributed by atoms with Crippen LogP contribution in [0, 0.1) is 0 Å². The first-order chi connectivity index (χ1) is 11.9. The zero-order valence-corrected chi connectivity index (χ0v) is 15.6. The normalized spacial score (nSPS) is 18.2. The van der Waals surface area contributed by atoms with Gasteiger partial charge in [0.2, 0.25) is 0 Å². The maximum Gasteiger partial charge on any atom is 0.280 e. The van der Waals surface area contributed by atoms with Gasteiger partial charge in [0.05, 0.1) is 13.2 Å². The van der Waals surface area contributed by atoms with Gasteiger partial charge in [-0.25, -0.2) is 0 Å². The zero-order chi connectivity index (χ0) is 18.0. The highest BCUT2D eigenvalue weighted by Gasteiger charge is 2.36. The molecule has 134 valence electrons.